The number of benzene rings is 1. The van der Waals surface area contributed by atoms with E-state index in [4.69, 9.17) is 14.6 Å². The van der Waals surface area contributed by atoms with Gasteiger partial charge >= 0.3 is 5.97 Å². The molecule has 20 heavy (non-hydrogen) atoms. The van der Waals surface area contributed by atoms with Gasteiger partial charge in [-0.15, -0.1) is 0 Å². The second-order valence-electron chi connectivity index (χ2n) is 4.57. The number of rotatable bonds is 4. The number of aromatic hydroxyl groups is 1. The number of carbonyl (C=O) groups excluding carboxylic acids is 1. The van der Waals surface area contributed by atoms with E-state index in [0.717, 1.165) is 6.42 Å². The largest absolute Gasteiger partial charge is 0.507 e. The summed E-state index contributed by atoms with van der Waals surface area (Å²) in [5, 5.41) is 18.6. The van der Waals surface area contributed by atoms with Crippen molar-refractivity contribution >= 4 is 5.97 Å². The second-order valence-corrected chi connectivity index (χ2v) is 4.57. The lowest BCUT2D eigenvalue weighted by Crippen LogP contribution is -2.37. The van der Waals surface area contributed by atoms with Crippen molar-refractivity contribution in [1.29, 1.82) is 0 Å². The molecule has 1 aliphatic rings. The van der Waals surface area contributed by atoms with Crippen LogP contribution in [-0.4, -0.2) is 35.7 Å². The smallest absolute Gasteiger partial charge is 0.335 e. The van der Waals surface area contributed by atoms with Crippen LogP contribution in [0.25, 0.3) is 0 Å². The second kappa shape index (κ2) is 6.58. The molecule has 1 fully saturated rings. The normalized spacial score (nSPS) is 22.3. The third-order valence-corrected chi connectivity index (χ3v) is 3.18. The zero-order valence-electron chi connectivity index (χ0n) is 11.2. The molecule has 2 N–H and O–H groups in total. The van der Waals surface area contributed by atoms with E-state index in [2.05, 4.69) is 4.74 Å². The van der Waals surface area contributed by atoms with Gasteiger partial charge in [-0.3, -0.25) is 0 Å². The number of hydrogen-bond acceptors (Lipinski definition) is 6. The summed E-state index contributed by atoms with van der Waals surface area (Å²) in [6.45, 7) is -0.240. The predicted octanol–water partition coefficient (Wildman–Crippen LogP) is 1.33. The van der Waals surface area contributed by atoms with Gasteiger partial charge in [-0.05, 0) is 25.0 Å². The third-order valence-electron chi connectivity index (χ3n) is 3.18. The Morgan fingerprint density at radius 2 is 2.25 bits per heavy atom. The van der Waals surface area contributed by atoms with Crippen LogP contribution in [0.15, 0.2) is 18.2 Å². The van der Waals surface area contributed by atoms with Crippen molar-refractivity contribution in [1.82, 2.24) is 0 Å². The van der Waals surface area contributed by atoms with Gasteiger partial charge in [0.25, 0.3) is 0 Å². The molecule has 110 valence electrons. The first kappa shape index (κ1) is 14.6. The van der Waals surface area contributed by atoms with Gasteiger partial charge in [0.15, 0.2) is 6.10 Å². The highest BCUT2D eigenvalue weighted by Gasteiger charge is 2.29. The Bertz CT molecular complexity index is 473. The first-order chi connectivity index (χ1) is 9.63. The molecule has 6 nitrogen and oxygen atoms in total. The zero-order valence-corrected chi connectivity index (χ0v) is 11.2. The van der Waals surface area contributed by atoms with Crippen molar-refractivity contribution in [2.45, 2.75) is 38.3 Å². The lowest BCUT2D eigenvalue weighted by atomic mass is 10.1. The molecule has 0 spiro atoms. The fraction of sp³-hybridized carbons (Fsp3) is 0.500. The van der Waals surface area contributed by atoms with Gasteiger partial charge in [0.2, 0.25) is 6.29 Å². The minimum atomic E-state index is -0.607. The lowest BCUT2D eigenvalue weighted by Gasteiger charge is -2.28. The quantitative estimate of drug-likeness (QED) is 0.810. The number of ether oxygens (including phenoxy) is 3. The lowest BCUT2D eigenvalue weighted by molar-refractivity contribution is -0.183. The molecule has 0 aliphatic carbocycles. The molecule has 0 amide bonds. The highest BCUT2D eigenvalue weighted by Crippen LogP contribution is 2.27. The number of esters is 1. The highest BCUT2D eigenvalue weighted by atomic mass is 16.7. The van der Waals surface area contributed by atoms with Crippen LogP contribution in [0.3, 0.4) is 0 Å². The van der Waals surface area contributed by atoms with Crippen molar-refractivity contribution in [3.8, 4) is 11.5 Å². The van der Waals surface area contributed by atoms with Crippen molar-refractivity contribution in [3.05, 3.63) is 23.8 Å². The first-order valence-corrected chi connectivity index (χ1v) is 6.46. The predicted molar refractivity (Wildman–Crippen MR) is 69.2 cm³/mol. The molecule has 0 saturated carbocycles. The van der Waals surface area contributed by atoms with E-state index in [-0.39, 0.29) is 12.4 Å². The molecule has 2 atom stereocenters. The summed E-state index contributed by atoms with van der Waals surface area (Å²) in [7, 11) is 1.32. The van der Waals surface area contributed by atoms with Crippen molar-refractivity contribution in [3.63, 3.8) is 0 Å². The number of carbonyl (C=O) groups is 1. The van der Waals surface area contributed by atoms with Gasteiger partial charge in [0.05, 0.1) is 13.7 Å². The summed E-state index contributed by atoms with van der Waals surface area (Å²) in [6.07, 6.45) is 0.916. The Kier molecular flexibility index (Phi) is 4.81. The molecular formula is C14H18O6. The molecule has 1 heterocycles. The average Bonchev–Trinajstić information content (AvgIpc) is 2.47. The maximum Gasteiger partial charge on any atom is 0.335 e. The van der Waals surface area contributed by atoms with E-state index in [9.17, 15) is 9.90 Å². The summed E-state index contributed by atoms with van der Waals surface area (Å²) in [6, 6.07) is 4.62. The van der Waals surface area contributed by atoms with Gasteiger partial charge in [-0.1, -0.05) is 0 Å². The van der Waals surface area contributed by atoms with E-state index < -0.39 is 18.4 Å². The maximum atomic E-state index is 11.4. The van der Waals surface area contributed by atoms with Crippen molar-refractivity contribution in [2.24, 2.45) is 0 Å². The van der Waals surface area contributed by atoms with Gasteiger partial charge in [0.1, 0.15) is 11.5 Å². The SMILES string of the molecule is COC(=O)[C@@H]1CCC[C@H](Oc2ccc(CO)c(O)c2)O1. The molecule has 1 aromatic carbocycles. The van der Waals surface area contributed by atoms with Gasteiger partial charge in [0, 0.05) is 18.1 Å². The van der Waals surface area contributed by atoms with Crippen LogP contribution in [-0.2, 0) is 20.9 Å². The Hall–Kier alpha value is -1.79. The van der Waals surface area contributed by atoms with Crippen LogP contribution in [0.4, 0.5) is 0 Å². The summed E-state index contributed by atoms with van der Waals surface area (Å²) in [5.74, 6) is -0.0164. The van der Waals surface area contributed by atoms with E-state index in [1.54, 1.807) is 12.1 Å². The van der Waals surface area contributed by atoms with Gasteiger partial charge < -0.3 is 24.4 Å². The number of methoxy groups -OCH3 is 1. The van der Waals surface area contributed by atoms with Crippen LogP contribution < -0.4 is 4.74 Å². The molecule has 1 aliphatic heterocycles. The topological polar surface area (TPSA) is 85.2 Å². The van der Waals surface area contributed by atoms with Gasteiger partial charge in [-0.25, -0.2) is 4.79 Å². The summed E-state index contributed by atoms with van der Waals surface area (Å²) in [4.78, 5) is 11.4. The minimum absolute atomic E-state index is 0.0367. The van der Waals surface area contributed by atoms with E-state index in [0.29, 0.717) is 24.2 Å². The molecule has 6 heteroatoms. The molecule has 1 aromatic rings. The fourth-order valence-electron chi connectivity index (χ4n) is 2.08. The van der Waals surface area contributed by atoms with E-state index >= 15 is 0 Å². The third kappa shape index (κ3) is 3.40. The monoisotopic (exact) mass is 282 g/mol. The fourth-order valence-corrected chi connectivity index (χ4v) is 2.08. The molecule has 2 rings (SSSR count). The van der Waals surface area contributed by atoms with Crippen molar-refractivity contribution in [2.75, 3.05) is 7.11 Å². The highest BCUT2D eigenvalue weighted by molar-refractivity contribution is 5.74. The number of hydrogen-bond donors (Lipinski definition) is 2. The standard InChI is InChI=1S/C14H18O6/c1-18-14(17)12-3-2-4-13(20-12)19-10-6-5-9(8-15)11(16)7-10/h5-7,12-13,15-16H,2-4,8H2,1H3/t12-,13+/m0/s1. The Balaban J connectivity index is 1.99. The Morgan fingerprint density at radius 3 is 2.90 bits per heavy atom. The van der Waals surface area contributed by atoms with Crippen molar-refractivity contribution < 1.29 is 29.2 Å². The molecule has 1 saturated heterocycles. The molecular weight excluding hydrogens is 264 g/mol. The Labute approximate surface area is 116 Å². The molecule has 0 radical (unpaired) electrons. The molecule has 0 unspecified atom stereocenters. The van der Waals surface area contributed by atoms with Crippen LogP contribution >= 0.6 is 0 Å². The van der Waals surface area contributed by atoms with E-state index in [1.807, 2.05) is 0 Å². The number of phenols is 1. The molecule has 0 bridgehead atoms. The first-order valence-electron chi connectivity index (χ1n) is 6.46. The molecule has 0 aromatic heterocycles. The Morgan fingerprint density at radius 1 is 1.45 bits per heavy atom. The summed E-state index contributed by atoms with van der Waals surface area (Å²) < 4.78 is 15.8. The summed E-state index contributed by atoms with van der Waals surface area (Å²) >= 11 is 0. The average molecular weight is 282 g/mol. The zero-order chi connectivity index (χ0) is 14.5. The van der Waals surface area contributed by atoms with Gasteiger partial charge in [-0.2, -0.15) is 0 Å². The van der Waals surface area contributed by atoms with Crippen LogP contribution in [0.2, 0.25) is 0 Å². The minimum Gasteiger partial charge on any atom is -0.507 e. The number of aliphatic hydroxyl groups excluding tert-OH is 1. The van der Waals surface area contributed by atoms with Crippen LogP contribution in [0.1, 0.15) is 24.8 Å². The number of aliphatic hydroxyl groups is 1. The van der Waals surface area contributed by atoms with Crippen LogP contribution in [0.5, 0.6) is 11.5 Å². The maximum absolute atomic E-state index is 11.4. The van der Waals surface area contributed by atoms with Crippen LogP contribution in [0, 0.1) is 0 Å². The summed E-state index contributed by atoms with van der Waals surface area (Å²) in [5.41, 5.74) is 0.425. The van der Waals surface area contributed by atoms with E-state index in [1.165, 1.54) is 13.2 Å².